The molecule has 0 aliphatic heterocycles. The Morgan fingerprint density at radius 2 is 1.50 bits per heavy atom. The molecular weight excluding hydrogens is 282 g/mol. The second-order valence-corrected chi connectivity index (χ2v) is 4.65. The number of amides is 1. The maximum atomic E-state index is 11.3. The van der Waals surface area contributed by atoms with E-state index in [9.17, 15) is 9.59 Å². The molecule has 0 radical (unpaired) electrons. The van der Waals surface area contributed by atoms with Crippen molar-refractivity contribution in [2.24, 2.45) is 5.92 Å². The van der Waals surface area contributed by atoms with Gasteiger partial charge in [-0.05, 0) is 19.3 Å². The molecule has 0 aromatic carbocycles. The predicted molar refractivity (Wildman–Crippen MR) is 92.1 cm³/mol. The molecule has 0 aliphatic rings. The van der Waals surface area contributed by atoms with E-state index in [4.69, 9.17) is 9.47 Å². The van der Waals surface area contributed by atoms with Crippen molar-refractivity contribution in [1.29, 1.82) is 0 Å². The van der Waals surface area contributed by atoms with Crippen molar-refractivity contribution >= 4 is 11.7 Å². The van der Waals surface area contributed by atoms with Crippen LogP contribution >= 0.6 is 0 Å². The van der Waals surface area contributed by atoms with Gasteiger partial charge in [-0.2, -0.15) is 0 Å². The molecule has 0 rings (SSSR count). The van der Waals surface area contributed by atoms with Gasteiger partial charge < -0.3 is 14.8 Å². The lowest BCUT2D eigenvalue weighted by Gasteiger charge is -2.07. The third kappa shape index (κ3) is 27.4. The highest BCUT2D eigenvalue weighted by atomic mass is 16.5. The molecule has 0 spiro atoms. The number of hydrogen-bond acceptors (Lipinski definition) is 4. The van der Waals surface area contributed by atoms with Gasteiger partial charge in [0.25, 0.3) is 0 Å². The van der Waals surface area contributed by atoms with E-state index in [1.807, 2.05) is 27.7 Å². The summed E-state index contributed by atoms with van der Waals surface area (Å²) in [6.07, 6.45) is 1.48. The molecule has 1 N–H and O–H groups in total. The Labute approximate surface area is 137 Å². The summed E-state index contributed by atoms with van der Waals surface area (Å²) in [7, 11) is 0. The standard InChI is InChI=1S/C13H25NO4.2C2H6/c1-11(2)4-5-13(16)14-6-7-17-8-9-18-10-12(3)15;2*1-2/h11H,4-10H2,1-3H3,(H,14,16);2*1-2H3. The Morgan fingerprint density at radius 1 is 0.955 bits per heavy atom. The minimum absolute atomic E-state index is 0.00687. The van der Waals surface area contributed by atoms with E-state index in [1.165, 1.54) is 6.92 Å². The lowest BCUT2D eigenvalue weighted by Crippen LogP contribution is -2.27. The van der Waals surface area contributed by atoms with E-state index in [2.05, 4.69) is 19.2 Å². The Morgan fingerprint density at radius 3 is 2.00 bits per heavy atom. The lowest BCUT2D eigenvalue weighted by atomic mass is 10.1. The first-order chi connectivity index (χ1) is 10.5. The van der Waals surface area contributed by atoms with E-state index in [0.29, 0.717) is 38.7 Å². The minimum atomic E-state index is 0.00687. The van der Waals surface area contributed by atoms with Crippen molar-refractivity contribution in [2.75, 3.05) is 33.0 Å². The fourth-order valence-electron chi connectivity index (χ4n) is 1.21. The first kappa shape index (κ1) is 26.0. The summed E-state index contributed by atoms with van der Waals surface area (Å²) in [4.78, 5) is 21.9. The molecule has 0 aromatic rings. The quantitative estimate of drug-likeness (QED) is 0.594. The number of ether oxygens (including phenoxy) is 2. The fraction of sp³-hybridized carbons (Fsp3) is 0.882. The summed E-state index contributed by atoms with van der Waals surface area (Å²) >= 11 is 0. The topological polar surface area (TPSA) is 64.6 Å². The van der Waals surface area contributed by atoms with Crippen molar-refractivity contribution in [1.82, 2.24) is 5.32 Å². The largest absolute Gasteiger partial charge is 0.377 e. The van der Waals surface area contributed by atoms with E-state index >= 15 is 0 Å². The van der Waals surface area contributed by atoms with Crippen molar-refractivity contribution in [2.45, 2.75) is 61.3 Å². The Balaban J connectivity index is -0.000000826. The van der Waals surface area contributed by atoms with Crippen molar-refractivity contribution in [3.63, 3.8) is 0 Å². The van der Waals surface area contributed by atoms with E-state index < -0.39 is 0 Å². The third-order valence-electron chi connectivity index (χ3n) is 2.19. The number of nitrogens with one attached hydrogen (secondary N) is 1. The van der Waals surface area contributed by atoms with Crippen LogP contribution in [0.1, 0.15) is 61.3 Å². The van der Waals surface area contributed by atoms with E-state index in [0.717, 1.165) is 6.42 Å². The highest BCUT2D eigenvalue weighted by molar-refractivity contribution is 5.76. The summed E-state index contributed by atoms with van der Waals surface area (Å²) in [5.41, 5.74) is 0. The molecule has 0 unspecified atom stereocenters. The zero-order valence-corrected chi connectivity index (χ0v) is 15.7. The number of ketones is 1. The second kappa shape index (κ2) is 22.3. The molecule has 0 heterocycles. The van der Waals surface area contributed by atoms with Crippen LogP contribution < -0.4 is 5.32 Å². The molecule has 134 valence electrons. The van der Waals surface area contributed by atoms with Gasteiger partial charge in [0.15, 0.2) is 5.78 Å². The van der Waals surface area contributed by atoms with Crippen LogP contribution in [-0.2, 0) is 19.1 Å². The number of hydrogen-bond donors (Lipinski definition) is 1. The first-order valence-electron chi connectivity index (χ1n) is 8.44. The summed E-state index contributed by atoms with van der Waals surface area (Å²) in [6.45, 7) is 15.6. The van der Waals surface area contributed by atoms with Crippen LogP contribution in [0.3, 0.4) is 0 Å². The molecule has 5 heteroatoms. The third-order valence-corrected chi connectivity index (χ3v) is 2.19. The van der Waals surface area contributed by atoms with Crippen molar-refractivity contribution < 1.29 is 19.1 Å². The number of carbonyl (C=O) groups is 2. The number of carbonyl (C=O) groups excluding carboxylic acids is 2. The predicted octanol–water partition coefficient (Wildman–Crippen LogP) is 3.21. The zero-order chi connectivity index (χ0) is 17.8. The summed E-state index contributed by atoms with van der Waals surface area (Å²) in [5.74, 6) is 0.623. The van der Waals surface area contributed by atoms with E-state index in [1.54, 1.807) is 0 Å². The molecule has 0 saturated heterocycles. The summed E-state index contributed by atoms with van der Waals surface area (Å²) in [5, 5.41) is 2.79. The lowest BCUT2D eigenvalue weighted by molar-refractivity contribution is -0.123. The van der Waals surface area contributed by atoms with E-state index in [-0.39, 0.29) is 18.3 Å². The number of rotatable bonds is 11. The average molecular weight is 319 g/mol. The molecule has 5 nitrogen and oxygen atoms in total. The van der Waals surface area contributed by atoms with Gasteiger partial charge in [0, 0.05) is 13.0 Å². The van der Waals surface area contributed by atoms with Crippen LogP contribution in [0.4, 0.5) is 0 Å². The summed E-state index contributed by atoms with van der Waals surface area (Å²) < 4.78 is 10.3. The Kier molecular flexibility index (Phi) is 26.4. The zero-order valence-electron chi connectivity index (χ0n) is 15.7. The fourth-order valence-corrected chi connectivity index (χ4v) is 1.21. The van der Waals surface area contributed by atoms with Gasteiger partial charge in [-0.1, -0.05) is 41.5 Å². The maximum absolute atomic E-state index is 11.3. The second-order valence-electron chi connectivity index (χ2n) is 4.65. The van der Waals surface area contributed by atoms with Gasteiger partial charge in [0.05, 0.1) is 19.8 Å². The van der Waals surface area contributed by atoms with Gasteiger partial charge in [0.1, 0.15) is 6.61 Å². The van der Waals surface area contributed by atoms with Crippen molar-refractivity contribution in [3.05, 3.63) is 0 Å². The molecule has 0 atom stereocenters. The highest BCUT2D eigenvalue weighted by Gasteiger charge is 2.02. The molecule has 0 fully saturated rings. The van der Waals surface area contributed by atoms with Gasteiger partial charge in [-0.25, -0.2) is 0 Å². The monoisotopic (exact) mass is 319 g/mol. The Bertz CT molecular complexity index is 243. The molecule has 0 bridgehead atoms. The first-order valence-corrected chi connectivity index (χ1v) is 8.44. The highest BCUT2D eigenvalue weighted by Crippen LogP contribution is 2.02. The van der Waals surface area contributed by atoms with Crippen LogP contribution in [0.15, 0.2) is 0 Å². The van der Waals surface area contributed by atoms with Gasteiger partial charge in [-0.15, -0.1) is 0 Å². The summed E-state index contributed by atoms with van der Waals surface area (Å²) in [6, 6.07) is 0. The smallest absolute Gasteiger partial charge is 0.220 e. The molecule has 0 aromatic heterocycles. The normalized spacial score (nSPS) is 9.27. The van der Waals surface area contributed by atoms with Crippen LogP contribution in [0.25, 0.3) is 0 Å². The van der Waals surface area contributed by atoms with Crippen LogP contribution in [0.5, 0.6) is 0 Å². The molecular formula is C17H37NO4. The van der Waals surface area contributed by atoms with Gasteiger partial charge in [0.2, 0.25) is 5.91 Å². The van der Waals surface area contributed by atoms with Crippen molar-refractivity contribution in [3.8, 4) is 0 Å². The molecule has 22 heavy (non-hydrogen) atoms. The minimum Gasteiger partial charge on any atom is -0.377 e. The number of Topliss-reactive ketones (excluding diaryl/α,β-unsaturated/α-hetero) is 1. The molecule has 1 amide bonds. The SMILES string of the molecule is CC.CC.CC(=O)COCCOCCNC(=O)CCC(C)C. The molecule has 0 saturated carbocycles. The van der Waals surface area contributed by atoms with Crippen LogP contribution in [0.2, 0.25) is 0 Å². The maximum Gasteiger partial charge on any atom is 0.220 e. The van der Waals surface area contributed by atoms with Crippen LogP contribution in [-0.4, -0.2) is 44.7 Å². The molecule has 0 aliphatic carbocycles. The van der Waals surface area contributed by atoms with Gasteiger partial charge >= 0.3 is 0 Å². The average Bonchev–Trinajstić information content (AvgIpc) is 2.51. The van der Waals surface area contributed by atoms with Crippen LogP contribution in [0, 0.1) is 5.92 Å². The Hall–Kier alpha value is -0.940. The van der Waals surface area contributed by atoms with Gasteiger partial charge in [-0.3, -0.25) is 9.59 Å².